The number of amides is 3. The molecule has 2 aliphatic heterocycles. The summed E-state index contributed by atoms with van der Waals surface area (Å²) in [6.07, 6.45) is -4.67. The number of urea groups is 1. The number of carbonyl (C=O) groups excluding carboxylic acids is 2. The number of nitrogens with zero attached hydrogens (tertiary/aromatic N) is 1. The Morgan fingerprint density at radius 3 is 2.63 bits per heavy atom. The van der Waals surface area contributed by atoms with Crippen molar-refractivity contribution < 1.29 is 31.5 Å². The Hall–Kier alpha value is -2.14. The second-order valence-electron chi connectivity index (χ2n) is 7.48. The van der Waals surface area contributed by atoms with Crippen LogP contribution >= 0.6 is 11.6 Å². The van der Waals surface area contributed by atoms with Crippen LogP contribution in [0.1, 0.15) is 24.4 Å². The minimum atomic E-state index is -4.51. The first-order chi connectivity index (χ1) is 14.0. The number of benzene rings is 1. The number of likely N-dealkylation sites (tertiary alicyclic amines) is 1. The molecule has 0 saturated carbocycles. The molecule has 0 aliphatic carbocycles. The number of alkyl halides is 3. The second kappa shape index (κ2) is 8.54. The molecule has 12 heteroatoms. The van der Waals surface area contributed by atoms with Gasteiger partial charge < -0.3 is 16.0 Å². The molecule has 3 rings (SSSR count). The van der Waals surface area contributed by atoms with Crippen LogP contribution in [0.5, 0.6) is 0 Å². The van der Waals surface area contributed by atoms with E-state index in [1.165, 1.54) is 7.05 Å². The van der Waals surface area contributed by atoms with Gasteiger partial charge in [0.2, 0.25) is 5.91 Å². The molecule has 0 aromatic heterocycles. The lowest BCUT2D eigenvalue weighted by atomic mass is 9.81. The van der Waals surface area contributed by atoms with Gasteiger partial charge in [-0.3, -0.25) is 9.69 Å². The van der Waals surface area contributed by atoms with Crippen molar-refractivity contribution in [2.24, 2.45) is 5.92 Å². The monoisotopic (exact) mass is 454 g/mol. The number of piperidine rings is 1. The van der Waals surface area contributed by atoms with Crippen LogP contribution < -0.4 is 16.0 Å². The summed E-state index contributed by atoms with van der Waals surface area (Å²) in [5.74, 6) is -3.65. The first-order valence-electron chi connectivity index (χ1n) is 9.24. The molecule has 1 unspecified atom stereocenters. The van der Waals surface area contributed by atoms with Crippen LogP contribution in [0.3, 0.4) is 0 Å². The predicted octanol–water partition coefficient (Wildman–Crippen LogP) is 2.73. The molecular formula is C18H20ClF5N4O2. The first-order valence-corrected chi connectivity index (χ1v) is 9.62. The fourth-order valence-corrected chi connectivity index (χ4v) is 4.07. The minimum Gasteiger partial charge on any atom is -0.347 e. The van der Waals surface area contributed by atoms with E-state index in [1.54, 1.807) is 0 Å². The molecule has 1 aromatic carbocycles. The molecule has 166 valence electrons. The summed E-state index contributed by atoms with van der Waals surface area (Å²) in [5, 5.41) is 6.49. The summed E-state index contributed by atoms with van der Waals surface area (Å²) < 4.78 is 68.7. The minimum absolute atomic E-state index is 0.0252. The van der Waals surface area contributed by atoms with Crippen molar-refractivity contribution in [3.8, 4) is 0 Å². The largest absolute Gasteiger partial charge is 0.404 e. The van der Waals surface area contributed by atoms with E-state index in [0.717, 1.165) is 17.0 Å². The third-order valence-electron chi connectivity index (χ3n) is 5.55. The smallest absolute Gasteiger partial charge is 0.347 e. The molecule has 0 radical (unpaired) electrons. The number of nitrogens with one attached hydrogen (secondary N) is 3. The van der Waals surface area contributed by atoms with Crippen molar-refractivity contribution in [3.63, 3.8) is 0 Å². The van der Waals surface area contributed by atoms with Crippen LogP contribution in [0.15, 0.2) is 12.1 Å². The molecule has 3 N–H and O–H groups in total. The molecule has 2 heterocycles. The number of halogens is 6. The van der Waals surface area contributed by atoms with Crippen LogP contribution in [-0.4, -0.2) is 55.2 Å². The zero-order valence-electron chi connectivity index (χ0n) is 15.8. The zero-order valence-corrected chi connectivity index (χ0v) is 16.6. The van der Waals surface area contributed by atoms with E-state index in [1.807, 2.05) is 0 Å². The van der Waals surface area contributed by atoms with Crippen LogP contribution in [-0.2, 0) is 4.79 Å². The summed E-state index contributed by atoms with van der Waals surface area (Å²) in [4.78, 5) is 25.0. The molecule has 4 atom stereocenters. The number of carbonyl (C=O) groups is 2. The fourth-order valence-electron chi connectivity index (χ4n) is 3.89. The van der Waals surface area contributed by atoms with Gasteiger partial charge in [0.05, 0.1) is 6.04 Å². The predicted molar refractivity (Wildman–Crippen MR) is 97.8 cm³/mol. The molecule has 3 amide bonds. The van der Waals surface area contributed by atoms with E-state index < -0.39 is 65.2 Å². The Balaban J connectivity index is 1.92. The summed E-state index contributed by atoms with van der Waals surface area (Å²) in [5.41, 5.74) is -0.206. The van der Waals surface area contributed by atoms with Gasteiger partial charge in [-0.25, -0.2) is 13.6 Å². The first kappa shape index (κ1) is 22.5. The van der Waals surface area contributed by atoms with Gasteiger partial charge in [0.25, 0.3) is 0 Å². The summed E-state index contributed by atoms with van der Waals surface area (Å²) in [7, 11) is 1.34. The summed E-state index contributed by atoms with van der Waals surface area (Å²) in [6.45, 7) is 0.0438. The third-order valence-corrected chi connectivity index (χ3v) is 5.89. The third kappa shape index (κ3) is 4.61. The zero-order chi connectivity index (χ0) is 22.2. The van der Waals surface area contributed by atoms with Crippen LogP contribution in [0.25, 0.3) is 0 Å². The Morgan fingerprint density at radius 1 is 1.33 bits per heavy atom. The summed E-state index contributed by atoms with van der Waals surface area (Å²) in [6, 6.07) is -2.54. The van der Waals surface area contributed by atoms with Crippen molar-refractivity contribution in [2.45, 2.75) is 37.1 Å². The lowest BCUT2D eigenvalue weighted by molar-refractivity contribution is -0.192. The van der Waals surface area contributed by atoms with Crippen molar-refractivity contribution in [3.05, 3.63) is 34.4 Å². The van der Waals surface area contributed by atoms with Gasteiger partial charge in [0.1, 0.15) is 28.7 Å². The maximum atomic E-state index is 14.7. The highest BCUT2D eigenvalue weighted by molar-refractivity contribution is 6.31. The van der Waals surface area contributed by atoms with Crippen molar-refractivity contribution in [2.75, 3.05) is 20.1 Å². The van der Waals surface area contributed by atoms with Crippen LogP contribution in [0, 0.1) is 17.6 Å². The Labute approximate surface area is 174 Å². The number of rotatable bonds is 4. The Kier molecular flexibility index (Phi) is 6.42. The van der Waals surface area contributed by atoms with Crippen molar-refractivity contribution in [1.29, 1.82) is 0 Å². The van der Waals surface area contributed by atoms with Gasteiger partial charge in [-0.1, -0.05) is 17.7 Å². The molecule has 30 heavy (non-hydrogen) atoms. The molecule has 2 saturated heterocycles. The van der Waals surface area contributed by atoms with E-state index >= 15 is 0 Å². The summed E-state index contributed by atoms with van der Waals surface area (Å²) >= 11 is 5.66. The molecule has 2 aliphatic rings. The maximum absolute atomic E-state index is 14.7. The molecule has 0 bridgehead atoms. The highest BCUT2D eigenvalue weighted by Crippen LogP contribution is 2.40. The lowest BCUT2D eigenvalue weighted by Crippen LogP contribution is -2.52. The van der Waals surface area contributed by atoms with Crippen LogP contribution in [0.2, 0.25) is 5.02 Å². The topological polar surface area (TPSA) is 73.5 Å². The normalized spacial score (nSPS) is 26.1. The quantitative estimate of drug-likeness (QED) is 0.484. The average molecular weight is 455 g/mol. The number of hydrogen-bond acceptors (Lipinski definition) is 3. The Morgan fingerprint density at radius 2 is 2.03 bits per heavy atom. The highest BCUT2D eigenvalue weighted by Gasteiger charge is 2.47. The maximum Gasteiger partial charge on any atom is 0.404 e. The fraction of sp³-hybridized carbons (Fsp3) is 0.556. The van der Waals surface area contributed by atoms with E-state index in [4.69, 9.17) is 11.6 Å². The number of hydrogen-bond donors (Lipinski definition) is 3. The van der Waals surface area contributed by atoms with Gasteiger partial charge in [-0.2, -0.15) is 13.2 Å². The highest BCUT2D eigenvalue weighted by atomic mass is 35.5. The second-order valence-corrected chi connectivity index (χ2v) is 7.86. The van der Waals surface area contributed by atoms with Crippen molar-refractivity contribution >= 4 is 23.5 Å². The van der Waals surface area contributed by atoms with Gasteiger partial charge in [-0.15, -0.1) is 0 Å². The van der Waals surface area contributed by atoms with Crippen LogP contribution in [0.4, 0.5) is 26.7 Å². The van der Waals surface area contributed by atoms with Gasteiger partial charge in [0.15, 0.2) is 0 Å². The SMILES string of the molecule is CN1CC[C@H](C(NC(=O)[C@@H]2CNC(=O)N2)c2ccc(F)c(Cl)c2F)C[C@@H]1C(F)(F)F. The molecule has 2 fully saturated rings. The van der Waals surface area contributed by atoms with E-state index in [-0.39, 0.29) is 25.1 Å². The molecular weight excluding hydrogens is 435 g/mol. The Bertz CT molecular complexity index is 838. The van der Waals surface area contributed by atoms with Gasteiger partial charge in [-0.05, 0) is 38.4 Å². The van der Waals surface area contributed by atoms with Gasteiger partial charge >= 0.3 is 12.2 Å². The molecule has 0 spiro atoms. The van der Waals surface area contributed by atoms with Crippen molar-refractivity contribution in [1.82, 2.24) is 20.9 Å². The molecule has 6 nitrogen and oxygen atoms in total. The average Bonchev–Trinajstić information content (AvgIpc) is 3.11. The lowest BCUT2D eigenvalue weighted by Gasteiger charge is -2.41. The van der Waals surface area contributed by atoms with Gasteiger partial charge in [0, 0.05) is 12.1 Å². The van der Waals surface area contributed by atoms with E-state index in [0.29, 0.717) is 0 Å². The standard InChI is InChI=1S/C18H20ClF5N4O2/c1-28-5-4-8(6-12(28)18(22,23)24)15(9-2-3-10(20)13(19)14(9)21)27-16(29)11-7-25-17(30)26-11/h2-3,8,11-12,15H,4-7H2,1H3,(H,27,29)(H2,25,26,30)/t8-,11-,12+,15?/m0/s1. The van der Waals surface area contributed by atoms with E-state index in [9.17, 15) is 31.5 Å². The molecule has 1 aromatic rings. The van der Waals surface area contributed by atoms with E-state index in [2.05, 4.69) is 16.0 Å².